The Morgan fingerprint density at radius 3 is 2.74 bits per heavy atom. The van der Waals surface area contributed by atoms with Crippen LogP contribution >= 0.6 is 11.3 Å². The van der Waals surface area contributed by atoms with Gasteiger partial charge < -0.3 is 29.8 Å². The highest BCUT2D eigenvalue weighted by atomic mass is 32.1. The van der Waals surface area contributed by atoms with Gasteiger partial charge in [-0.2, -0.15) is 0 Å². The van der Waals surface area contributed by atoms with Crippen molar-refractivity contribution in [2.75, 3.05) is 25.1 Å². The first-order valence-corrected chi connectivity index (χ1v) is 11.3. The molecule has 4 rings (SSSR count). The van der Waals surface area contributed by atoms with E-state index >= 15 is 0 Å². The van der Waals surface area contributed by atoms with Crippen LogP contribution in [-0.2, 0) is 11.8 Å². The molecule has 2 aromatic heterocycles. The van der Waals surface area contributed by atoms with Gasteiger partial charge in [0.15, 0.2) is 5.13 Å². The van der Waals surface area contributed by atoms with Crippen LogP contribution in [0.5, 0.6) is 5.75 Å². The zero-order valence-electron chi connectivity index (χ0n) is 18.7. The number of ether oxygens (including phenoxy) is 2. The van der Waals surface area contributed by atoms with E-state index in [1.165, 1.54) is 18.2 Å². The van der Waals surface area contributed by atoms with Gasteiger partial charge in [-0.1, -0.05) is 11.3 Å². The van der Waals surface area contributed by atoms with Gasteiger partial charge in [0.1, 0.15) is 5.75 Å². The van der Waals surface area contributed by atoms with E-state index in [1.54, 1.807) is 36.7 Å². The van der Waals surface area contributed by atoms with Gasteiger partial charge in [-0.3, -0.25) is 4.79 Å². The molecular formula is C22H22F3N5O4S. The summed E-state index contributed by atoms with van der Waals surface area (Å²) in [7, 11) is 1.79. The van der Waals surface area contributed by atoms with Crippen molar-refractivity contribution in [3.05, 3.63) is 42.0 Å². The van der Waals surface area contributed by atoms with Crippen LogP contribution in [0.4, 0.5) is 24.3 Å². The number of hydrogen-bond acceptors (Lipinski definition) is 8. The van der Waals surface area contributed by atoms with Gasteiger partial charge in [-0.25, -0.2) is 9.97 Å². The first kappa shape index (κ1) is 24.7. The van der Waals surface area contributed by atoms with Crippen molar-refractivity contribution in [1.29, 1.82) is 0 Å². The maximum Gasteiger partial charge on any atom is 0.573 e. The number of aliphatic hydroxyl groups excluding tert-OH is 1. The van der Waals surface area contributed by atoms with Crippen molar-refractivity contribution in [1.82, 2.24) is 19.9 Å². The molecule has 0 saturated heterocycles. The summed E-state index contributed by atoms with van der Waals surface area (Å²) in [6.07, 6.45) is -5.07. The van der Waals surface area contributed by atoms with Crippen LogP contribution in [0.1, 0.15) is 17.3 Å². The summed E-state index contributed by atoms with van der Waals surface area (Å²) in [4.78, 5) is 21.4. The second-order valence-corrected chi connectivity index (χ2v) is 8.67. The highest BCUT2D eigenvalue weighted by Gasteiger charge is 2.31. The topological polar surface area (TPSA) is 111 Å². The average molecular weight is 510 g/mol. The Morgan fingerprint density at radius 2 is 2.00 bits per heavy atom. The molecule has 0 saturated carbocycles. The van der Waals surface area contributed by atoms with Gasteiger partial charge in [0.25, 0.3) is 5.91 Å². The summed E-state index contributed by atoms with van der Waals surface area (Å²) < 4.78 is 49.0. The van der Waals surface area contributed by atoms with Crippen molar-refractivity contribution in [2.24, 2.45) is 7.05 Å². The van der Waals surface area contributed by atoms with Crippen molar-refractivity contribution in [3.63, 3.8) is 0 Å². The lowest BCUT2D eigenvalue weighted by Crippen LogP contribution is -2.28. The summed E-state index contributed by atoms with van der Waals surface area (Å²) in [5.74, 6) is -0.145. The zero-order valence-corrected chi connectivity index (χ0v) is 19.5. The predicted octanol–water partition coefficient (Wildman–Crippen LogP) is 3.95. The number of rotatable bonds is 9. The molecule has 186 valence electrons. The fourth-order valence-electron chi connectivity index (χ4n) is 3.28. The fraction of sp³-hybridized carbons (Fsp3) is 0.318. The number of nitrogens with one attached hydrogen (secondary N) is 2. The molecular weight excluding hydrogens is 487 g/mol. The van der Waals surface area contributed by atoms with Gasteiger partial charge in [-0.05, 0) is 37.3 Å². The summed E-state index contributed by atoms with van der Waals surface area (Å²) >= 11 is 1.16. The molecule has 0 fully saturated rings. The van der Waals surface area contributed by atoms with E-state index in [4.69, 9.17) is 9.84 Å². The zero-order chi connectivity index (χ0) is 25.2. The molecule has 1 atom stereocenters. The molecule has 1 amide bonds. The van der Waals surface area contributed by atoms with Crippen molar-refractivity contribution >= 4 is 49.6 Å². The Kier molecular flexibility index (Phi) is 7.10. The van der Waals surface area contributed by atoms with Crippen LogP contribution in [0.25, 0.3) is 21.3 Å². The third kappa shape index (κ3) is 5.99. The van der Waals surface area contributed by atoms with E-state index in [0.29, 0.717) is 38.9 Å². The van der Waals surface area contributed by atoms with Gasteiger partial charge in [-0.15, -0.1) is 13.2 Å². The Balaban J connectivity index is 1.47. The molecule has 13 heteroatoms. The van der Waals surface area contributed by atoms with Crippen LogP contribution in [0.15, 0.2) is 36.4 Å². The fourth-order valence-corrected chi connectivity index (χ4v) is 4.17. The van der Waals surface area contributed by atoms with Crippen LogP contribution in [0, 0.1) is 0 Å². The van der Waals surface area contributed by atoms with E-state index in [0.717, 1.165) is 16.9 Å². The van der Waals surface area contributed by atoms with E-state index < -0.39 is 6.36 Å². The number of thiazole rings is 1. The molecule has 0 aliphatic heterocycles. The molecule has 2 aromatic carbocycles. The Labute approximate surface area is 201 Å². The number of benzene rings is 2. The number of halogens is 3. The SMILES string of the molecule is CC(CO)OCCNC(=O)c1ccc2c(c1)nc(Nc1nc3ccc(OC(F)(F)F)cc3s1)n2C. The minimum absolute atomic E-state index is 0.0921. The number of fused-ring (bicyclic) bond motifs is 2. The van der Waals surface area contributed by atoms with Gasteiger partial charge in [0, 0.05) is 25.2 Å². The number of imidazole rings is 1. The lowest BCUT2D eigenvalue weighted by Gasteiger charge is -2.10. The third-order valence-corrected chi connectivity index (χ3v) is 5.94. The summed E-state index contributed by atoms with van der Waals surface area (Å²) in [6, 6.07) is 9.05. The van der Waals surface area contributed by atoms with Crippen LogP contribution in [0.2, 0.25) is 0 Å². The van der Waals surface area contributed by atoms with Crippen molar-refractivity contribution in [3.8, 4) is 5.75 Å². The second-order valence-electron chi connectivity index (χ2n) is 7.64. The van der Waals surface area contributed by atoms with Crippen molar-refractivity contribution < 1.29 is 32.5 Å². The number of hydrogen-bond donors (Lipinski definition) is 3. The first-order chi connectivity index (χ1) is 16.6. The second kappa shape index (κ2) is 10.1. The van der Waals surface area contributed by atoms with E-state index in [1.807, 2.05) is 0 Å². The Hall–Kier alpha value is -3.42. The van der Waals surface area contributed by atoms with Gasteiger partial charge >= 0.3 is 6.36 Å². The molecule has 9 nitrogen and oxygen atoms in total. The van der Waals surface area contributed by atoms with Gasteiger partial charge in [0.05, 0.1) is 40.6 Å². The normalized spacial score (nSPS) is 12.7. The monoisotopic (exact) mass is 509 g/mol. The highest BCUT2D eigenvalue weighted by Crippen LogP contribution is 2.33. The number of carbonyl (C=O) groups is 1. The molecule has 0 aliphatic carbocycles. The summed E-state index contributed by atoms with van der Waals surface area (Å²) in [5, 5.41) is 15.2. The minimum Gasteiger partial charge on any atom is -0.406 e. The summed E-state index contributed by atoms with van der Waals surface area (Å²) in [5.41, 5.74) is 2.29. The predicted molar refractivity (Wildman–Crippen MR) is 125 cm³/mol. The lowest BCUT2D eigenvalue weighted by atomic mass is 10.2. The molecule has 4 aromatic rings. The quantitative estimate of drug-likeness (QED) is 0.293. The van der Waals surface area contributed by atoms with Crippen LogP contribution < -0.4 is 15.4 Å². The molecule has 0 radical (unpaired) electrons. The number of alkyl halides is 3. The van der Waals surface area contributed by atoms with Crippen molar-refractivity contribution in [2.45, 2.75) is 19.4 Å². The maximum absolute atomic E-state index is 12.5. The molecule has 0 aliphatic rings. The van der Waals surface area contributed by atoms with Crippen LogP contribution in [0.3, 0.4) is 0 Å². The molecule has 2 heterocycles. The number of aliphatic hydroxyl groups is 1. The third-order valence-electron chi connectivity index (χ3n) is 5.00. The standard InChI is InChI=1S/C22H22F3N5O4S/c1-12(11-31)33-8-7-26-19(32)13-3-6-17-16(9-13)27-20(30(17)2)29-21-28-15-5-4-14(10-18(15)35-21)34-22(23,24)25/h3-6,9-10,12,31H,7-8,11H2,1-2H3,(H,26,32)(H,27,28,29). The highest BCUT2D eigenvalue weighted by molar-refractivity contribution is 7.22. The molecule has 0 bridgehead atoms. The number of anilines is 2. The number of amides is 1. The van der Waals surface area contributed by atoms with E-state index in [-0.39, 0.29) is 31.0 Å². The molecule has 35 heavy (non-hydrogen) atoms. The smallest absolute Gasteiger partial charge is 0.406 e. The molecule has 3 N–H and O–H groups in total. The number of aromatic nitrogens is 3. The van der Waals surface area contributed by atoms with E-state index in [2.05, 4.69) is 25.3 Å². The number of aryl methyl sites for hydroxylation is 1. The number of carbonyl (C=O) groups excluding carboxylic acids is 1. The number of nitrogens with zero attached hydrogens (tertiary/aromatic N) is 3. The van der Waals surface area contributed by atoms with Gasteiger partial charge in [0.2, 0.25) is 5.95 Å². The molecule has 1 unspecified atom stereocenters. The Morgan fingerprint density at radius 1 is 1.20 bits per heavy atom. The lowest BCUT2D eigenvalue weighted by molar-refractivity contribution is -0.274. The Bertz CT molecular complexity index is 1350. The summed E-state index contributed by atoms with van der Waals surface area (Å²) in [6.45, 7) is 2.21. The first-order valence-electron chi connectivity index (χ1n) is 10.5. The minimum atomic E-state index is -4.77. The van der Waals surface area contributed by atoms with E-state index in [9.17, 15) is 18.0 Å². The average Bonchev–Trinajstić information content (AvgIpc) is 3.34. The van der Waals surface area contributed by atoms with Crippen LogP contribution in [-0.4, -0.2) is 57.8 Å². The maximum atomic E-state index is 12.5. The molecule has 0 spiro atoms. The largest absolute Gasteiger partial charge is 0.573 e.